The van der Waals surface area contributed by atoms with Crippen molar-refractivity contribution >= 4 is 55.2 Å². The van der Waals surface area contributed by atoms with Crippen molar-refractivity contribution in [1.82, 2.24) is 10.2 Å². The fraction of sp³-hybridized carbons (Fsp3) is 0.273. The van der Waals surface area contributed by atoms with Crippen molar-refractivity contribution in [2.45, 2.75) is 13.3 Å². The molecule has 0 saturated carbocycles. The number of aromatic nitrogens is 2. The molecule has 18 heavy (non-hydrogen) atoms. The fourth-order valence-corrected chi connectivity index (χ4v) is 3.19. The van der Waals surface area contributed by atoms with Gasteiger partial charge in [-0.05, 0) is 56.5 Å². The van der Waals surface area contributed by atoms with Crippen LogP contribution in [0.2, 0.25) is 0 Å². The monoisotopic (exact) mass is 393 g/mol. The van der Waals surface area contributed by atoms with E-state index < -0.39 is 0 Å². The maximum atomic E-state index is 5.61. The van der Waals surface area contributed by atoms with Crippen molar-refractivity contribution in [2.75, 3.05) is 11.2 Å². The van der Waals surface area contributed by atoms with Gasteiger partial charge in [0.15, 0.2) is 0 Å². The van der Waals surface area contributed by atoms with E-state index in [2.05, 4.69) is 47.4 Å². The highest BCUT2D eigenvalue weighted by Gasteiger charge is 2.11. The Morgan fingerprint density at radius 1 is 1.28 bits per heavy atom. The van der Waals surface area contributed by atoms with E-state index in [0.29, 0.717) is 24.2 Å². The molecule has 2 aromatic rings. The van der Waals surface area contributed by atoms with Crippen molar-refractivity contribution in [2.24, 2.45) is 0 Å². The third-order valence-electron chi connectivity index (χ3n) is 2.19. The molecule has 1 aromatic carbocycles. The summed E-state index contributed by atoms with van der Waals surface area (Å²) in [5, 5.41) is 10.9. The minimum atomic E-state index is 0.348. The zero-order valence-electron chi connectivity index (χ0n) is 9.51. The molecule has 1 aromatic heterocycles. The number of rotatable bonds is 4. The third-order valence-corrected chi connectivity index (χ3v) is 3.63. The van der Waals surface area contributed by atoms with E-state index in [-0.39, 0.29) is 0 Å². The summed E-state index contributed by atoms with van der Waals surface area (Å²) in [7, 11) is 0. The van der Waals surface area contributed by atoms with Gasteiger partial charge in [0.2, 0.25) is 5.89 Å². The van der Waals surface area contributed by atoms with Gasteiger partial charge in [0, 0.05) is 21.2 Å². The van der Waals surface area contributed by atoms with Crippen molar-refractivity contribution in [3.63, 3.8) is 0 Å². The molecular weight excluding hydrogens is 385 g/mol. The molecule has 96 valence electrons. The van der Waals surface area contributed by atoms with Crippen molar-refractivity contribution in [3.05, 3.63) is 32.5 Å². The van der Waals surface area contributed by atoms with E-state index in [1.165, 1.54) is 0 Å². The molecule has 0 aliphatic rings. The molecular formula is C11H10Br2ClN3O. The molecule has 0 atom stereocenters. The molecule has 0 bridgehead atoms. The lowest BCUT2D eigenvalue weighted by atomic mass is 10.2. The van der Waals surface area contributed by atoms with E-state index in [0.717, 1.165) is 20.2 Å². The second-order valence-electron chi connectivity index (χ2n) is 3.67. The molecule has 0 spiro atoms. The fourth-order valence-electron chi connectivity index (χ4n) is 1.41. The van der Waals surface area contributed by atoms with Crippen LogP contribution in [0.4, 0.5) is 11.7 Å². The van der Waals surface area contributed by atoms with Gasteiger partial charge in [0.05, 0.1) is 5.69 Å². The number of hydrogen-bond donors (Lipinski definition) is 1. The molecule has 2 rings (SSSR count). The number of nitrogens with zero attached hydrogens (tertiary/aromatic N) is 2. The molecule has 1 heterocycles. The highest BCUT2D eigenvalue weighted by Crippen LogP contribution is 2.34. The van der Waals surface area contributed by atoms with Gasteiger partial charge in [0.25, 0.3) is 0 Å². The lowest BCUT2D eigenvalue weighted by Crippen LogP contribution is -1.93. The van der Waals surface area contributed by atoms with Crippen LogP contribution in [-0.4, -0.2) is 16.1 Å². The quantitative estimate of drug-likeness (QED) is 0.779. The maximum absolute atomic E-state index is 5.61. The Bertz CT molecular complexity index is 536. The highest BCUT2D eigenvalue weighted by atomic mass is 79.9. The molecule has 0 aliphatic carbocycles. The second-order valence-corrected chi connectivity index (χ2v) is 5.76. The summed E-state index contributed by atoms with van der Waals surface area (Å²) in [5.74, 6) is 0.978. The van der Waals surface area contributed by atoms with Crippen molar-refractivity contribution in [1.29, 1.82) is 0 Å². The summed E-state index contributed by atoms with van der Waals surface area (Å²) in [5.41, 5.74) is 1.99. The van der Waals surface area contributed by atoms with Gasteiger partial charge in [0.1, 0.15) is 0 Å². The predicted molar refractivity (Wildman–Crippen MR) is 78.6 cm³/mol. The standard InChI is InChI=1S/C11H10Br2ClN3O/c1-6-4-7(12)10(8(13)5-6)15-11-17-16-9(18-11)2-3-14/h4-5H,2-3H2,1H3,(H,15,17). The molecule has 7 heteroatoms. The number of halogens is 3. The molecule has 0 radical (unpaired) electrons. The topological polar surface area (TPSA) is 51.0 Å². The molecule has 1 N–H and O–H groups in total. The van der Waals surface area contributed by atoms with Crippen molar-refractivity contribution in [3.8, 4) is 0 Å². The lowest BCUT2D eigenvalue weighted by molar-refractivity contribution is 0.516. The first-order valence-electron chi connectivity index (χ1n) is 5.21. The van der Waals surface area contributed by atoms with Gasteiger partial charge < -0.3 is 9.73 Å². The summed E-state index contributed by atoms with van der Waals surface area (Å²) in [6, 6.07) is 4.35. The molecule has 0 saturated heterocycles. The van der Waals surface area contributed by atoms with E-state index in [4.69, 9.17) is 16.0 Å². The summed E-state index contributed by atoms with van der Waals surface area (Å²) in [4.78, 5) is 0. The van der Waals surface area contributed by atoms with Gasteiger partial charge in [-0.2, -0.15) is 0 Å². The number of hydrogen-bond acceptors (Lipinski definition) is 4. The Hall–Kier alpha value is -0.590. The molecule has 0 amide bonds. The van der Waals surface area contributed by atoms with Crippen LogP contribution in [0.1, 0.15) is 11.5 Å². The van der Waals surface area contributed by atoms with Crippen LogP contribution in [0.15, 0.2) is 25.5 Å². The maximum Gasteiger partial charge on any atom is 0.320 e. The van der Waals surface area contributed by atoms with Gasteiger partial charge in [-0.1, -0.05) is 5.10 Å². The Balaban J connectivity index is 2.22. The average molecular weight is 395 g/mol. The van der Waals surface area contributed by atoms with E-state index in [9.17, 15) is 0 Å². The Kier molecular flexibility index (Phi) is 4.64. The van der Waals surface area contributed by atoms with Crippen LogP contribution in [0.5, 0.6) is 0 Å². The largest absolute Gasteiger partial charge is 0.408 e. The summed E-state index contributed by atoms with van der Waals surface area (Å²) >= 11 is 12.6. The van der Waals surface area contributed by atoms with Gasteiger partial charge in [-0.15, -0.1) is 16.7 Å². The zero-order chi connectivity index (χ0) is 13.1. The first kappa shape index (κ1) is 13.8. The number of aryl methyl sites for hydroxylation is 2. The Morgan fingerprint density at radius 3 is 2.56 bits per heavy atom. The average Bonchev–Trinajstić information content (AvgIpc) is 2.72. The number of benzene rings is 1. The lowest BCUT2D eigenvalue weighted by Gasteiger charge is -2.08. The SMILES string of the molecule is Cc1cc(Br)c(Nc2nnc(CCCl)o2)c(Br)c1. The number of anilines is 2. The van der Waals surface area contributed by atoms with Crippen LogP contribution in [0.25, 0.3) is 0 Å². The summed E-state index contributed by atoms with van der Waals surface area (Å²) in [6.45, 7) is 2.02. The van der Waals surface area contributed by atoms with Crippen molar-refractivity contribution < 1.29 is 4.42 Å². The smallest absolute Gasteiger partial charge is 0.320 e. The predicted octanol–water partition coefficient (Wildman–Crippen LogP) is 4.43. The van der Waals surface area contributed by atoms with E-state index in [1.807, 2.05) is 19.1 Å². The third kappa shape index (κ3) is 3.24. The van der Waals surface area contributed by atoms with Gasteiger partial charge in [-0.3, -0.25) is 0 Å². The Labute approximate surface area is 126 Å². The normalized spacial score (nSPS) is 10.7. The number of alkyl halides is 1. The van der Waals surface area contributed by atoms with Crippen LogP contribution < -0.4 is 5.32 Å². The molecule has 0 aliphatic heterocycles. The summed E-state index contributed by atoms with van der Waals surface area (Å²) < 4.78 is 7.25. The van der Waals surface area contributed by atoms with Gasteiger partial charge in [-0.25, -0.2) is 0 Å². The molecule has 0 unspecified atom stereocenters. The van der Waals surface area contributed by atoms with Crippen LogP contribution in [0, 0.1) is 6.92 Å². The van der Waals surface area contributed by atoms with Crippen LogP contribution in [0.3, 0.4) is 0 Å². The molecule has 0 fully saturated rings. The second kappa shape index (κ2) is 6.04. The van der Waals surface area contributed by atoms with Crippen LogP contribution in [-0.2, 0) is 6.42 Å². The highest BCUT2D eigenvalue weighted by molar-refractivity contribution is 9.11. The number of nitrogens with one attached hydrogen (secondary N) is 1. The van der Waals surface area contributed by atoms with E-state index in [1.54, 1.807) is 0 Å². The molecule has 4 nitrogen and oxygen atoms in total. The Morgan fingerprint density at radius 2 is 1.94 bits per heavy atom. The minimum absolute atomic E-state index is 0.348. The van der Waals surface area contributed by atoms with Gasteiger partial charge >= 0.3 is 6.01 Å². The first-order valence-corrected chi connectivity index (χ1v) is 7.33. The van der Waals surface area contributed by atoms with E-state index >= 15 is 0 Å². The first-order chi connectivity index (χ1) is 8.60. The zero-order valence-corrected chi connectivity index (χ0v) is 13.4. The minimum Gasteiger partial charge on any atom is -0.408 e. The summed E-state index contributed by atoms with van der Waals surface area (Å²) in [6.07, 6.45) is 0.562. The van der Waals surface area contributed by atoms with Crippen LogP contribution >= 0.6 is 43.5 Å².